The Labute approximate surface area is 214 Å². The fourth-order valence-corrected chi connectivity index (χ4v) is 6.49. The molecule has 6 rings (SSSR count). The van der Waals surface area contributed by atoms with Crippen LogP contribution in [0.2, 0.25) is 0 Å². The molecule has 5 atom stereocenters. The average molecular weight is 470 g/mol. The number of benzene rings is 2. The number of nitriles is 1. The first-order chi connectivity index (χ1) is 17.6. The Morgan fingerprint density at radius 3 is 2.47 bits per heavy atom. The van der Waals surface area contributed by atoms with Crippen LogP contribution >= 0.6 is 0 Å². The number of rotatable bonds is 3. The van der Waals surface area contributed by atoms with Gasteiger partial charge in [0.25, 0.3) is 0 Å². The van der Waals surface area contributed by atoms with Gasteiger partial charge in [-0.2, -0.15) is 5.26 Å². The van der Waals surface area contributed by atoms with Gasteiger partial charge in [-0.05, 0) is 28.3 Å². The molecule has 3 nitrogen and oxygen atoms in total. The van der Waals surface area contributed by atoms with Crippen LogP contribution in [0.1, 0.15) is 36.5 Å². The first-order valence-corrected chi connectivity index (χ1v) is 12.9. The Hall–Kier alpha value is -3.90. The molecule has 2 aliphatic heterocycles. The summed E-state index contributed by atoms with van der Waals surface area (Å²) in [7, 11) is 0. The largest absolute Gasteiger partial charge is 0.357 e. The number of dihydropyridines is 1. The van der Waals surface area contributed by atoms with Gasteiger partial charge in [0.2, 0.25) is 0 Å². The predicted octanol–water partition coefficient (Wildman–Crippen LogP) is 6.78. The lowest BCUT2D eigenvalue weighted by molar-refractivity contribution is 0.309. The van der Waals surface area contributed by atoms with Crippen LogP contribution in [-0.4, -0.2) is 24.8 Å². The minimum atomic E-state index is -0.174. The van der Waals surface area contributed by atoms with Gasteiger partial charge in [-0.3, -0.25) is 4.99 Å². The number of nitrogens with zero attached hydrogens (tertiary/aromatic N) is 3. The van der Waals surface area contributed by atoms with Crippen molar-refractivity contribution in [3.8, 4) is 6.07 Å². The van der Waals surface area contributed by atoms with E-state index in [-0.39, 0.29) is 29.3 Å². The molecule has 0 radical (unpaired) electrons. The molecule has 0 saturated heterocycles. The minimum absolute atomic E-state index is 0.0380. The van der Waals surface area contributed by atoms with E-state index in [1.54, 1.807) is 0 Å². The Morgan fingerprint density at radius 2 is 1.61 bits per heavy atom. The smallest absolute Gasteiger partial charge is 0.0848 e. The third-order valence-electron chi connectivity index (χ3n) is 8.27. The third kappa shape index (κ3) is 3.60. The highest BCUT2D eigenvalue weighted by Crippen LogP contribution is 2.50. The van der Waals surface area contributed by atoms with Crippen molar-refractivity contribution in [3.63, 3.8) is 0 Å². The number of anilines is 1. The second kappa shape index (κ2) is 8.95. The second-order valence-electron chi connectivity index (χ2n) is 10.7. The first kappa shape index (κ1) is 22.6. The van der Waals surface area contributed by atoms with Gasteiger partial charge in [0, 0.05) is 29.2 Å². The van der Waals surface area contributed by atoms with Crippen LogP contribution in [0.5, 0.6) is 0 Å². The standard InChI is InChI=1S/C33H31N3/c1-33(2)28-14-6-9-17-31(28)36(32-18-10-7-15-29(32)33)30-16-8-5-13-27(30)26-12-4-3-11-25(26)24-19-23(20-34)21-35-22-24/h3-19,22-23,27-28,30-31H,21H2,1-2H3. The van der Waals surface area contributed by atoms with Gasteiger partial charge in [0.05, 0.1) is 30.6 Å². The Bertz CT molecular complexity index is 1390. The highest BCUT2D eigenvalue weighted by Gasteiger charge is 2.47. The number of hydrogen-bond acceptors (Lipinski definition) is 3. The van der Waals surface area contributed by atoms with E-state index in [1.807, 2.05) is 6.21 Å². The number of allylic oxidation sites excluding steroid dienone is 5. The zero-order valence-corrected chi connectivity index (χ0v) is 20.8. The van der Waals surface area contributed by atoms with Crippen LogP contribution in [-0.2, 0) is 5.41 Å². The van der Waals surface area contributed by atoms with Gasteiger partial charge in [-0.1, -0.05) is 111 Å². The van der Waals surface area contributed by atoms with Crippen LogP contribution in [0, 0.1) is 23.2 Å². The maximum Gasteiger partial charge on any atom is 0.0848 e. The van der Waals surface area contributed by atoms with Crippen LogP contribution in [0.3, 0.4) is 0 Å². The van der Waals surface area contributed by atoms with E-state index in [1.165, 1.54) is 16.8 Å². The number of aliphatic imine (C=N–C) groups is 1. The fourth-order valence-electron chi connectivity index (χ4n) is 6.49. The molecule has 0 N–H and O–H groups in total. The van der Waals surface area contributed by atoms with Crippen molar-refractivity contribution < 1.29 is 0 Å². The second-order valence-corrected chi connectivity index (χ2v) is 10.7. The van der Waals surface area contributed by atoms with E-state index in [2.05, 4.69) is 133 Å². The molecule has 3 heteroatoms. The van der Waals surface area contributed by atoms with Gasteiger partial charge in [-0.25, -0.2) is 0 Å². The maximum absolute atomic E-state index is 9.52. The molecule has 178 valence electrons. The van der Waals surface area contributed by atoms with E-state index in [9.17, 15) is 5.26 Å². The molecule has 0 aromatic heterocycles. The Morgan fingerprint density at radius 1 is 0.889 bits per heavy atom. The summed E-state index contributed by atoms with van der Waals surface area (Å²) in [5, 5.41) is 9.52. The summed E-state index contributed by atoms with van der Waals surface area (Å²) in [5.74, 6) is 0.376. The first-order valence-electron chi connectivity index (χ1n) is 12.9. The zero-order valence-electron chi connectivity index (χ0n) is 20.8. The van der Waals surface area contributed by atoms with E-state index < -0.39 is 0 Å². The molecule has 36 heavy (non-hydrogen) atoms. The van der Waals surface area contributed by atoms with Gasteiger partial charge in [0.1, 0.15) is 0 Å². The van der Waals surface area contributed by atoms with Crippen LogP contribution in [0.15, 0.2) is 108 Å². The van der Waals surface area contributed by atoms with Gasteiger partial charge >= 0.3 is 0 Å². The SMILES string of the molecule is CC1(C)c2ccccc2N(C2C=CC=CC2c2ccccc2C2=CC(C#N)CN=C2)C2C=CC=CC21. The van der Waals surface area contributed by atoms with Crippen LogP contribution < -0.4 is 4.90 Å². The lowest BCUT2D eigenvalue weighted by atomic mass is 9.64. The van der Waals surface area contributed by atoms with Crippen molar-refractivity contribution in [2.45, 2.75) is 37.3 Å². The van der Waals surface area contributed by atoms with Crippen molar-refractivity contribution in [1.82, 2.24) is 0 Å². The monoisotopic (exact) mass is 469 g/mol. The minimum Gasteiger partial charge on any atom is -0.357 e. The molecule has 4 aliphatic rings. The number of para-hydroxylation sites is 1. The van der Waals surface area contributed by atoms with Crippen LogP contribution in [0.4, 0.5) is 5.69 Å². The predicted molar refractivity (Wildman–Crippen MR) is 149 cm³/mol. The lowest BCUT2D eigenvalue weighted by Gasteiger charge is -2.54. The molecule has 0 spiro atoms. The highest BCUT2D eigenvalue weighted by atomic mass is 15.2. The summed E-state index contributed by atoms with van der Waals surface area (Å²) in [6.45, 7) is 5.31. The van der Waals surface area contributed by atoms with E-state index in [4.69, 9.17) is 0 Å². The van der Waals surface area contributed by atoms with Crippen LogP contribution in [0.25, 0.3) is 5.57 Å². The summed E-state index contributed by atoms with van der Waals surface area (Å²) in [4.78, 5) is 7.15. The highest BCUT2D eigenvalue weighted by molar-refractivity contribution is 6.11. The van der Waals surface area contributed by atoms with Crippen molar-refractivity contribution >= 4 is 17.5 Å². The molecule has 5 unspecified atom stereocenters. The molecule has 0 fully saturated rings. The summed E-state index contributed by atoms with van der Waals surface area (Å²) in [5.41, 5.74) is 6.24. The zero-order chi connectivity index (χ0) is 24.7. The number of fused-ring (bicyclic) bond motifs is 2. The summed E-state index contributed by atoms with van der Waals surface area (Å²) >= 11 is 0. The Balaban J connectivity index is 1.49. The molecular formula is C33H31N3. The molecule has 0 saturated carbocycles. The average Bonchev–Trinajstić information content (AvgIpc) is 2.94. The van der Waals surface area contributed by atoms with E-state index in [0.29, 0.717) is 12.5 Å². The maximum atomic E-state index is 9.52. The Kier molecular flexibility index (Phi) is 5.61. The van der Waals surface area contributed by atoms with Crippen molar-refractivity contribution in [1.29, 1.82) is 5.26 Å². The van der Waals surface area contributed by atoms with Crippen molar-refractivity contribution in [2.75, 3.05) is 11.4 Å². The molecule has 0 amide bonds. The topological polar surface area (TPSA) is 39.4 Å². The molecule has 2 heterocycles. The number of hydrogen-bond donors (Lipinski definition) is 0. The quantitative estimate of drug-likeness (QED) is 0.497. The van der Waals surface area contributed by atoms with Crippen molar-refractivity contribution in [2.24, 2.45) is 16.8 Å². The van der Waals surface area contributed by atoms with Gasteiger partial charge < -0.3 is 4.90 Å². The van der Waals surface area contributed by atoms with E-state index >= 15 is 0 Å². The van der Waals surface area contributed by atoms with Gasteiger partial charge in [-0.15, -0.1) is 0 Å². The van der Waals surface area contributed by atoms with E-state index in [0.717, 1.165) is 11.1 Å². The molecule has 2 aromatic rings. The normalized spacial score (nSPS) is 29.3. The summed E-state index contributed by atoms with van der Waals surface area (Å²) < 4.78 is 0. The fraction of sp³-hybridized carbons (Fsp3) is 0.273. The molecule has 2 aliphatic carbocycles. The lowest BCUT2D eigenvalue weighted by Crippen LogP contribution is -2.56. The molecular weight excluding hydrogens is 438 g/mol. The third-order valence-corrected chi connectivity index (χ3v) is 8.27. The van der Waals surface area contributed by atoms with Gasteiger partial charge in [0.15, 0.2) is 0 Å². The molecule has 0 bridgehead atoms. The summed E-state index contributed by atoms with van der Waals surface area (Å²) in [6.07, 6.45) is 22.3. The summed E-state index contributed by atoms with van der Waals surface area (Å²) in [6, 6.07) is 20.4. The van der Waals surface area contributed by atoms with Crippen molar-refractivity contribution in [3.05, 3.63) is 120 Å². The molecule has 2 aromatic carbocycles.